The zero-order valence-corrected chi connectivity index (χ0v) is 10.1. The van der Waals surface area contributed by atoms with Crippen molar-refractivity contribution in [1.29, 1.82) is 0 Å². The number of hydrogen-bond donors (Lipinski definition) is 1. The third-order valence-corrected chi connectivity index (χ3v) is 3.53. The first-order chi connectivity index (χ1) is 8.22. The molecule has 1 aromatic carbocycles. The van der Waals surface area contributed by atoms with Crippen molar-refractivity contribution in [2.24, 2.45) is 0 Å². The van der Waals surface area contributed by atoms with Crippen LogP contribution in [0.1, 0.15) is 34.5 Å². The summed E-state index contributed by atoms with van der Waals surface area (Å²) in [6.07, 6.45) is 2.56. The monoisotopic (exact) mass is 229 g/mol. The molecular weight excluding hydrogens is 214 g/mol. The molecule has 1 N–H and O–H groups in total. The van der Waals surface area contributed by atoms with Gasteiger partial charge >= 0.3 is 0 Å². The summed E-state index contributed by atoms with van der Waals surface area (Å²) in [5.41, 5.74) is 4.06. The molecule has 0 bridgehead atoms. The standard InChI is InChI=1S/C14H15NO2/c1-8-6-7-11(17-2)14-12(8)13-9(15-14)4-3-5-10(13)16/h6-7,15H,3-5H2,1-2H3. The van der Waals surface area contributed by atoms with Crippen LogP contribution in [0.2, 0.25) is 0 Å². The predicted molar refractivity (Wildman–Crippen MR) is 66.9 cm³/mol. The molecule has 0 unspecified atom stereocenters. The maximum Gasteiger partial charge on any atom is 0.165 e. The molecule has 0 fully saturated rings. The number of aryl methyl sites for hydroxylation is 2. The summed E-state index contributed by atoms with van der Waals surface area (Å²) in [4.78, 5) is 15.4. The van der Waals surface area contributed by atoms with Crippen molar-refractivity contribution < 1.29 is 9.53 Å². The van der Waals surface area contributed by atoms with Crippen LogP contribution in [-0.4, -0.2) is 17.9 Å². The van der Waals surface area contributed by atoms with Crippen molar-refractivity contribution in [1.82, 2.24) is 4.98 Å². The lowest BCUT2D eigenvalue weighted by atomic mass is 9.93. The molecule has 88 valence electrons. The molecule has 2 aromatic rings. The number of carbonyl (C=O) groups is 1. The molecule has 3 rings (SSSR count). The second kappa shape index (κ2) is 3.62. The molecule has 17 heavy (non-hydrogen) atoms. The Labute approximate surface area is 99.8 Å². The second-order valence-electron chi connectivity index (χ2n) is 4.59. The number of nitrogens with one attached hydrogen (secondary N) is 1. The number of Topliss-reactive ketones (excluding diaryl/α,β-unsaturated/α-hetero) is 1. The summed E-state index contributed by atoms with van der Waals surface area (Å²) in [5.74, 6) is 1.07. The highest BCUT2D eigenvalue weighted by Crippen LogP contribution is 2.35. The SMILES string of the molecule is COc1ccc(C)c2c3c([nH]c12)CCCC3=O. The van der Waals surface area contributed by atoms with Gasteiger partial charge in [0, 0.05) is 23.1 Å². The van der Waals surface area contributed by atoms with Gasteiger partial charge in [0.05, 0.1) is 12.6 Å². The summed E-state index contributed by atoms with van der Waals surface area (Å²) in [5, 5.41) is 1.05. The number of H-pyrrole nitrogens is 1. The summed E-state index contributed by atoms with van der Waals surface area (Å²) < 4.78 is 5.35. The normalized spacial score (nSPS) is 15.1. The Morgan fingerprint density at radius 2 is 2.12 bits per heavy atom. The third-order valence-electron chi connectivity index (χ3n) is 3.53. The molecule has 0 spiro atoms. The molecule has 0 atom stereocenters. The molecule has 1 heterocycles. The molecule has 0 saturated heterocycles. The molecule has 1 aliphatic carbocycles. The van der Waals surface area contributed by atoms with Crippen LogP contribution in [0.4, 0.5) is 0 Å². The van der Waals surface area contributed by atoms with Crippen molar-refractivity contribution in [3.05, 3.63) is 29.0 Å². The Morgan fingerprint density at radius 3 is 2.88 bits per heavy atom. The van der Waals surface area contributed by atoms with Crippen LogP contribution in [0.3, 0.4) is 0 Å². The van der Waals surface area contributed by atoms with Gasteiger partial charge in [-0.1, -0.05) is 6.07 Å². The maximum absolute atomic E-state index is 12.1. The number of carbonyl (C=O) groups excluding carboxylic acids is 1. The zero-order chi connectivity index (χ0) is 12.0. The van der Waals surface area contributed by atoms with Crippen LogP contribution >= 0.6 is 0 Å². The molecule has 3 nitrogen and oxygen atoms in total. The Hall–Kier alpha value is -1.77. The van der Waals surface area contributed by atoms with Gasteiger partial charge in [0.1, 0.15) is 5.75 Å². The van der Waals surface area contributed by atoms with Gasteiger partial charge in [-0.25, -0.2) is 0 Å². The quantitative estimate of drug-likeness (QED) is 0.816. The average Bonchev–Trinajstić information content (AvgIpc) is 2.71. The highest BCUT2D eigenvalue weighted by atomic mass is 16.5. The van der Waals surface area contributed by atoms with Gasteiger partial charge in [0.25, 0.3) is 0 Å². The number of ketones is 1. The molecule has 3 heteroatoms. The largest absolute Gasteiger partial charge is 0.495 e. The van der Waals surface area contributed by atoms with E-state index in [1.54, 1.807) is 7.11 Å². The van der Waals surface area contributed by atoms with Crippen LogP contribution in [0.15, 0.2) is 12.1 Å². The number of benzene rings is 1. The van der Waals surface area contributed by atoms with E-state index in [1.807, 2.05) is 19.1 Å². The second-order valence-corrected chi connectivity index (χ2v) is 4.59. The minimum atomic E-state index is 0.258. The number of methoxy groups -OCH3 is 1. The highest BCUT2D eigenvalue weighted by Gasteiger charge is 2.24. The van der Waals surface area contributed by atoms with Crippen LogP contribution in [-0.2, 0) is 6.42 Å². The van der Waals surface area contributed by atoms with E-state index < -0.39 is 0 Å². The van der Waals surface area contributed by atoms with Crippen LogP contribution in [0.25, 0.3) is 10.9 Å². The molecule has 0 aliphatic heterocycles. The van der Waals surface area contributed by atoms with Crippen LogP contribution in [0, 0.1) is 6.92 Å². The topological polar surface area (TPSA) is 42.1 Å². The van der Waals surface area contributed by atoms with Crippen molar-refractivity contribution in [2.45, 2.75) is 26.2 Å². The van der Waals surface area contributed by atoms with E-state index >= 15 is 0 Å². The fraction of sp³-hybridized carbons (Fsp3) is 0.357. The minimum absolute atomic E-state index is 0.258. The summed E-state index contributed by atoms with van der Waals surface area (Å²) >= 11 is 0. The van der Waals surface area contributed by atoms with E-state index in [0.717, 1.165) is 46.3 Å². The zero-order valence-electron chi connectivity index (χ0n) is 10.1. The highest BCUT2D eigenvalue weighted by molar-refractivity contribution is 6.12. The number of aromatic nitrogens is 1. The Kier molecular flexibility index (Phi) is 2.21. The van der Waals surface area contributed by atoms with Gasteiger partial charge in [-0.2, -0.15) is 0 Å². The number of hydrogen-bond acceptors (Lipinski definition) is 2. The minimum Gasteiger partial charge on any atom is -0.495 e. The van der Waals surface area contributed by atoms with Gasteiger partial charge in [-0.05, 0) is 31.4 Å². The smallest absolute Gasteiger partial charge is 0.165 e. The fourth-order valence-electron chi connectivity index (χ4n) is 2.71. The van der Waals surface area contributed by atoms with Crippen molar-refractivity contribution in [3.63, 3.8) is 0 Å². The molecule has 1 aromatic heterocycles. The van der Waals surface area contributed by atoms with Gasteiger partial charge in [-0.15, -0.1) is 0 Å². The lowest BCUT2D eigenvalue weighted by Gasteiger charge is -2.10. The first-order valence-corrected chi connectivity index (χ1v) is 5.93. The average molecular weight is 229 g/mol. The Morgan fingerprint density at radius 1 is 1.29 bits per heavy atom. The van der Waals surface area contributed by atoms with Gasteiger partial charge in [0.15, 0.2) is 5.78 Å². The van der Waals surface area contributed by atoms with E-state index in [1.165, 1.54) is 0 Å². The summed E-state index contributed by atoms with van der Waals surface area (Å²) in [7, 11) is 1.66. The Bertz CT molecular complexity index is 610. The van der Waals surface area contributed by atoms with Gasteiger partial charge < -0.3 is 9.72 Å². The van der Waals surface area contributed by atoms with Gasteiger partial charge in [0.2, 0.25) is 0 Å². The molecule has 0 amide bonds. The van der Waals surface area contributed by atoms with E-state index in [2.05, 4.69) is 4.98 Å². The number of ether oxygens (including phenoxy) is 1. The first-order valence-electron chi connectivity index (χ1n) is 5.93. The lowest BCUT2D eigenvalue weighted by Crippen LogP contribution is -2.09. The molecule has 0 saturated carbocycles. The fourth-order valence-corrected chi connectivity index (χ4v) is 2.71. The first kappa shape index (κ1) is 10.4. The third kappa shape index (κ3) is 1.38. The lowest BCUT2D eigenvalue weighted by molar-refractivity contribution is 0.0974. The molecular formula is C14H15NO2. The van der Waals surface area contributed by atoms with E-state index in [4.69, 9.17) is 4.74 Å². The summed E-state index contributed by atoms with van der Waals surface area (Å²) in [6, 6.07) is 3.96. The predicted octanol–water partition coefficient (Wildman–Crippen LogP) is 3.00. The molecule has 0 radical (unpaired) electrons. The number of fused-ring (bicyclic) bond motifs is 3. The summed E-state index contributed by atoms with van der Waals surface area (Å²) in [6.45, 7) is 2.04. The van der Waals surface area contributed by atoms with E-state index in [9.17, 15) is 4.79 Å². The number of rotatable bonds is 1. The van der Waals surface area contributed by atoms with Gasteiger partial charge in [-0.3, -0.25) is 4.79 Å². The molecule has 1 aliphatic rings. The van der Waals surface area contributed by atoms with Crippen molar-refractivity contribution in [2.75, 3.05) is 7.11 Å². The van der Waals surface area contributed by atoms with E-state index in [-0.39, 0.29) is 5.78 Å². The van der Waals surface area contributed by atoms with Crippen LogP contribution < -0.4 is 4.74 Å². The van der Waals surface area contributed by atoms with Crippen molar-refractivity contribution >= 4 is 16.7 Å². The maximum atomic E-state index is 12.1. The van der Waals surface area contributed by atoms with Crippen LogP contribution in [0.5, 0.6) is 5.75 Å². The number of aromatic amines is 1. The Balaban J connectivity index is 2.42. The van der Waals surface area contributed by atoms with Crippen molar-refractivity contribution in [3.8, 4) is 5.75 Å². The van der Waals surface area contributed by atoms with E-state index in [0.29, 0.717) is 6.42 Å².